The van der Waals surface area contributed by atoms with E-state index in [9.17, 15) is 4.79 Å². The van der Waals surface area contributed by atoms with Crippen LogP contribution in [0, 0.1) is 28.1 Å². The van der Waals surface area contributed by atoms with Crippen LogP contribution in [0.1, 0.15) is 78.1 Å². The van der Waals surface area contributed by atoms with Crippen molar-refractivity contribution in [3.8, 4) is 0 Å². The normalized spacial score (nSPS) is 59.1. The second-order valence-corrected chi connectivity index (χ2v) is 9.73. The first-order valence-electron chi connectivity index (χ1n) is 9.53. The molecule has 0 N–H and O–H groups in total. The van der Waals surface area contributed by atoms with Crippen molar-refractivity contribution >= 4 is 12.0 Å². The van der Waals surface area contributed by atoms with E-state index in [0.29, 0.717) is 11.2 Å². The van der Waals surface area contributed by atoms with Crippen LogP contribution in [0.25, 0.3) is 0 Å². The van der Waals surface area contributed by atoms with Gasteiger partial charge in [0.15, 0.2) is 0 Å². The van der Waals surface area contributed by atoms with Gasteiger partial charge in [-0.3, -0.25) is 9.79 Å². The fraction of sp³-hybridized carbons (Fsp3) is 0.900. The Balaban J connectivity index is 1.60. The summed E-state index contributed by atoms with van der Waals surface area (Å²) in [6.45, 7) is 4.97. The highest BCUT2D eigenvalue weighted by molar-refractivity contribution is 5.87. The second-order valence-electron chi connectivity index (χ2n) is 9.73. The van der Waals surface area contributed by atoms with Gasteiger partial charge >= 0.3 is 0 Å². The summed E-state index contributed by atoms with van der Waals surface area (Å²) < 4.78 is 0. The Morgan fingerprint density at radius 2 is 1.91 bits per heavy atom. The molecule has 1 heterocycles. The largest absolute Gasteiger partial charge is 0.300 e. The molecule has 1 aliphatic heterocycles. The minimum Gasteiger partial charge on any atom is -0.300 e. The molecule has 0 saturated heterocycles. The summed E-state index contributed by atoms with van der Waals surface area (Å²) in [5.74, 6) is 2.21. The molecule has 0 unspecified atom stereocenters. The zero-order valence-corrected chi connectivity index (χ0v) is 14.2. The highest BCUT2D eigenvalue weighted by Crippen LogP contribution is 2.74. The van der Waals surface area contributed by atoms with Gasteiger partial charge in [-0.2, -0.15) is 0 Å². The van der Waals surface area contributed by atoms with Crippen molar-refractivity contribution in [2.24, 2.45) is 33.1 Å². The van der Waals surface area contributed by atoms with E-state index >= 15 is 0 Å². The van der Waals surface area contributed by atoms with Crippen molar-refractivity contribution in [3.05, 3.63) is 0 Å². The molecule has 0 aromatic carbocycles. The Morgan fingerprint density at radius 1 is 1.05 bits per heavy atom. The summed E-state index contributed by atoms with van der Waals surface area (Å²) in [7, 11) is 0. The Morgan fingerprint density at radius 3 is 2.68 bits per heavy atom. The minimum absolute atomic E-state index is 0.201. The second kappa shape index (κ2) is 3.87. The molecular weight excluding hydrogens is 270 g/mol. The zero-order chi connectivity index (χ0) is 15.2. The van der Waals surface area contributed by atoms with Crippen LogP contribution in [0.4, 0.5) is 0 Å². The van der Waals surface area contributed by atoms with E-state index in [1.165, 1.54) is 44.9 Å². The van der Waals surface area contributed by atoms with E-state index in [1.54, 1.807) is 0 Å². The molecule has 2 heteroatoms. The first-order chi connectivity index (χ1) is 10.4. The van der Waals surface area contributed by atoms with Gasteiger partial charge in [0.2, 0.25) is 0 Å². The molecule has 6 atom stereocenters. The fourth-order valence-electron chi connectivity index (χ4n) is 7.86. The smallest absolute Gasteiger partial charge is 0.133 e. The molecule has 4 aliphatic carbocycles. The lowest BCUT2D eigenvalue weighted by molar-refractivity contribution is -0.160. The molecular formula is C20H29NO. The molecule has 0 aromatic heterocycles. The lowest BCUT2D eigenvalue weighted by atomic mass is 9.35. The number of aliphatic imine (C=N–C) groups is 1. The van der Waals surface area contributed by atoms with Crippen LogP contribution in [0.15, 0.2) is 4.99 Å². The van der Waals surface area contributed by atoms with Gasteiger partial charge in [-0.15, -0.1) is 0 Å². The number of fused-ring (bicyclic) bond motifs is 2. The van der Waals surface area contributed by atoms with Crippen LogP contribution in [-0.2, 0) is 4.79 Å². The first kappa shape index (κ1) is 13.7. The lowest BCUT2D eigenvalue weighted by Crippen LogP contribution is -2.73. The van der Waals surface area contributed by atoms with Gasteiger partial charge in [-0.05, 0) is 67.6 Å². The number of hydrogen-bond donors (Lipinski definition) is 0. The summed E-state index contributed by atoms with van der Waals surface area (Å²) in [6, 6.07) is 0. The van der Waals surface area contributed by atoms with E-state index < -0.39 is 0 Å². The molecule has 5 rings (SSSR count). The maximum Gasteiger partial charge on any atom is 0.133 e. The zero-order valence-electron chi connectivity index (χ0n) is 14.2. The average Bonchev–Trinajstić information content (AvgIpc) is 2.84. The maximum atomic E-state index is 12.1. The van der Waals surface area contributed by atoms with Crippen molar-refractivity contribution in [1.82, 2.24) is 0 Å². The highest BCUT2D eigenvalue weighted by atomic mass is 16.1. The molecule has 120 valence electrons. The van der Waals surface area contributed by atoms with Gasteiger partial charge in [-0.1, -0.05) is 20.3 Å². The Bertz CT molecular complexity index is 582. The SMILES string of the molecule is C[C@@]12CCC[C@H]1[C@@H]1CC[C@@]3(C)CC(=O)CC[C@@]34C=N[C@]14CC2. The van der Waals surface area contributed by atoms with Crippen LogP contribution in [-0.4, -0.2) is 17.5 Å². The topological polar surface area (TPSA) is 29.4 Å². The molecule has 4 saturated carbocycles. The van der Waals surface area contributed by atoms with Gasteiger partial charge in [0.25, 0.3) is 0 Å². The molecule has 22 heavy (non-hydrogen) atoms. The molecule has 0 aromatic rings. The van der Waals surface area contributed by atoms with Crippen molar-refractivity contribution < 1.29 is 4.79 Å². The Labute approximate surface area is 134 Å². The Kier molecular flexibility index (Phi) is 2.42. The standard InChI is InChI=1S/C20H29NO/c1-17-7-3-4-15(17)16-6-8-18(2)12-14(22)5-9-19(18)13-21-20(16,19)11-10-17/h13,15-16H,3-12H2,1-2H3/t15-,16-,17-,18-,19+,20+/m0/s1. The van der Waals surface area contributed by atoms with Gasteiger partial charge in [0.05, 0.1) is 5.54 Å². The van der Waals surface area contributed by atoms with Crippen LogP contribution < -0.4 is 0 Å². The number of carbonyl (C=O) groups excluding carboxylic acids is 1. The molecule has 0 amide bonds. The van der Waals surface area contributed by atoms with E-state index in [1.807, 2.05) is 0 Å². The molecule has 2 nitrogen and oxygen atoms in total. The summed E-state index contributed by atoms with van der Waals surface area (Å²) in [5.41, 5.74) is 1.28. The minimum atomic E-state index is 0.201. The fourth-order valence-corrected chi connectivity index (χ4v) is 7.86. The van der Waals surface area contributed by atoms with E-state index in [4.69, 9.17) is 4.99 Å². The van der Waals surface area contributed by atoms with E-state index in [-0.39, 0.29) is 16.4 Å². The number of carbonyl (C=O) groups is 1. The van der Waals surface area contributed by atoms with Crippen molar-refractivity contribution in [2.45, 2.75) is 83.6 Å². The number of hydrogen-bond acceptors (Lipinski definition) is 2. The average molecular weight is 299 g/mol. The van der Waals surface area contributed by atoms with Gasteiger partial charge in [-0.25, -0.2) is 0 Å². The van der Waals surface area contributed by atoms with Gasteiger partial charge in [0, 0.05) is 24.5 Å². The molecule has 5 aliphatic rings. The maximum absolute atomic E-state index is 12.1. The van der Waals surface area contributed by atoms with E-state index in [2.05, 4.69) is 20.1 Å². The van der Waals surface area contributed by atoms with Gasteiger partial charge < -0.3 is 0 Å². The highest BCUT2D eigenvalue weighted by Gasteiger charge is 2.73. The van der Waals surface area contributed by atoms with Crippen LogP contribution >= 0.6 is 0 Å². The number of Topliss-reactive ketones (excluding diaryl/α,β-unsaturated/α-hetero) is 1. The quantitative estimate of drug-likeness (QED) is 0.644. The van der Waals surface area contributed by atoms with E-state index in [0.717, 1.165) is 31.1 Å². The predicted octanol–water partition coefficient (Wildman–Crippen LogP) is 4.57. The van der Waals surface area contributed by atoms with Crippen LogP contribution in [0.2, 0.25) is 0 Å². The van der Waals surface area contributed by atoms with Crippen molar-refractivity contribution in [3.63, 3.8) is 0 Å². The summed E-state index contributed by atoms with van der Waals surface area (Å²) in [5, 5.41) is 0. The summed E-state index contributed by atoms with van der Waals surface area (Å²) in [4.78, 5) is 17.3. The lowest BCUT2D eigenvalue weighted by Gasteiger charge is -2.72. The third-order valence-electron chi connectivity index (χ3n) is 9.09. The third-order valence-corrected chi connectivity index (χ3v) is 9.09. The van der Waals surface area contributed by atoms with Crippen molar-refractivity contribution in [2.75, 3.05) is 0 Å². The van der Waals surface area contributed by atoms with Gasteiger partial charge in [0.1, 0.15) is 5.78 Å². The first-order valence-corrected chi connectivity index (χ1v) is 9.53. The molecule has 0 radical (unpaired) electrons. The number of nitrogens with zero attached hydrogens (tertiary/aromatic N) is 1. The van der Waals surface area contributed by atoms with Crippen LogP contribution in [0.3, 0.4) is 0 Å². The number of ketones is 1. The number of rotatable bonds is 0. The monoisotopic (exact) mass is 299 g/mol. The van der Waals surface area contributed by atoms with Crippen molar-refractivity contribution in [1.29, 1.82) is 0 Å². The Hall–Kier alpha value is -0.660. The predicted molar refractivity (Wildman–Crippen MR) is 88.0 cm³/mol. The summed E-state index contributed by atoms with van der Waals surface area (Å²) >= 11 is 0. The van der Waals surface area contributed by atoms with Crippen LogP contribution in [0.5, 0.6) is 0 Å². The molecule has 0 bridgehead atoms. The molecule has 2 spiro atoms. The summed E-state index contributed by atoms with van der Waals surface area (Å²) in [6.07, 6.45) is 14.6. The molecule has 4 fully saturated rings. The third kappa shape index (κ3) is 1.28.